The zero-order chi connectivity index (χ0) is 19.6. The number of thiophene rings is 1. The van der Waals surface area contributed by atoms with Crippen LogP contribution < -0.4 is 16.6 Å². The quantitative estimate of drug-likeness (QED) is 0.677. The molecule has 0 unspecified atom stereocenters. The molecule has 0 bridgehead atoms. The Kier molecular flexibility index (Phi) is 5.76. The van der Waals surface area contributed by atoms with Gasteiger partial charge in [0, 0.05) is 12.2 Å². The SMILES string of the molecule is CCCCn1c(=O)c2sccc2n(CC(=O)Nc2ccc(F)c(Cl)c2)c1=O. The van der Waals surface area contributed by atoms with E-state index in [1.807, 2.05) is 6.92 Å². The highest BCUT2D eigenvalue weighted by molar-refractivity contribution is 7.17. The van der Waals surface area contributed by atoms with Gasteiger partial charge < -0.3 is 5.32 Å². The number of benzene rings is 1. The highest BCUT2D eigenvalue weighted by Crippen LogP contribution is 2.20. The lowest BCUT2D eigenvalue weighted by molar-refractivity contribution is -0.116. The molecule has 1 amide bonds. The van der Waals surface area contributed by atoms with Gasteiger partial charge in [-0.25, -0.2) is 9.18 Å². The van der Waals surface area contributed by atoms with Crippen molar-refractivity contribution in [3.05, 3.63) is 61.3 Å². The third-order valence-corrected chi connectivity index (χ3v) is 5.26. The normalized spacial score (nSPS) is 11.1. The van der Waals surface area contributed by atoms with E-state index < -0.39 is 17.4 Å². The van der Waals surface area contributed by atoms with E-state index in [0.717, 1.165) is 12.5 Å². The van der Waals surface area contributed by atoms with Crippen molar-refractivity contribution in [3.63, 3.8) is 0 Å². The number of fused-ring (bicyclic) bond motifs is 1. The summed E-state index contributed by atoms with van der Waals surface area (Å²) in [7, 11) is 0. The van der Waals surface area contributed by atoms with Gasteiger partial charge in [0.2, 0.25) is 5.91 Å². The second-order valence-corrected chi connectivity index (χ2v) is 7.31. The first kappa shape index (κ1) is 19.3. The number of carbonyl (C=O) groups excluding carboxylic acids is 1. The number of nitrogens with one attached hydrogen (secondary N) is 1. The minimum absolute atomic E-state index is 0.113. The van der Waals surface area contributed by atoms with E-state index in [1.54, 1.807) is 11.4 Å². The largest absolute Gasteiger partial charge is 0.332 e. The fraction of sp³-hybridized carbons (Fsp3) is 0.278. The number of aromatic nitrogens is 2. The van der Waals surface area contributed by atoms with Gasteiger partial charge in [0.25, 0.3) is 5.56 Å². The minimum Gasteiger partial charge on any atom is -0.324 e. The minimum atomic E-state index is -0.589. The van der Waals surface area contributed by atoms with E-state index in [0.29, 0.717) is 28.9 Å². The van der Waals surface area contributed by atoms with Crippen molar-refractivity contribution in [1.29, 1.82) is 0 Å². The molecule has 0 spiro atoms. The Morgan fingerprint density at radius 2 is 2.04 bits per heavy atom. The Morgan fingerprint density at radius 3 is 2.74 bits per heavy atom. The zero-order valence-electron chi connectivity index (χ0n) is 14.5. The number of carbonyl (C=O) groups is 1. The first-order valence-electron chi connectivity index (χ1n) is 8.38. The van der Waals surface area contributed by atoms with Gasteiger partial charge in [-0.2, -0.15) is 0 Å². The lowest BCUT2D eigenvalue weighted by Crippen LogP contribution is -2.41. The number of halogens is 2. The second kappa shape index (κ2) is 8.06. The predicted molar refractivity (Wildman–Crippen MR) is 105 cm³/mol. The summed E-state index contributed by atoms with van der Waals surface area (Å²) < 4.78 is 16.1. The molecule has 0 aliphatic rings. The van der Waals surface area contributed by atoms with Crippen LogP contribution in [-0.4, -0.2) is 15.0 Å². The third kappa shape index (κ3) is 3.96. The number of amides is 1. The fourth-order valence-corrected chi connectivity index (χ4v) is 3.74. The van der Waals surface area contributed by atoms with Gasteiger partial charge in [-0.1, -0.05) is 24.9 Å². The maximum atomic E-state index is 13.2. The number of anilines is 1. The van der Waals surface area contributed by atoms with Crippen LogP contribution in [0.15, 0.2) is 39.2 Å². The molecule has 6 nitrogen and oxygen atoms in total. The molecule has 0 radical (unpaired) electrons. The van der Waals surface area contributed by atoms with E-state index in [-0.39, 0.29) is 17.1 Å². The van der Waals surface area contributed by atoms with E-state index in [4.69, 9.17) is 11.6 Å². The van der Waals surface area contributed by atoms with Crippen molar-refractivity contribution in [2.24, 2.45) is 0 Å². The number of unbranched alkanes of at least 4 members (excludes halogenated alkanes) is 1. The van der Waals surface area contributed by atoms with Crippen molar-refractivity contribution in [2.45, 2.75) is 32.9 Å². The van der Waals surface area contributed by atoms with Crippen LogP contribution in [0.1, 0.15) is 19.8 Å². The molecule has 1 aromatic carbocycles. The zero-order valence-corrected chi connectivity index (χ0v) is 16.1. The summed E-state index contributed by atoms with van der Waals surface area (Å²) in [5, 5.41) is 4.19. The summed E-state index contributed by atoms with van der Waals surface area (Å²) in [6, 6.07) is 5.46. The van der Waals surface area contributed by atoms with Crippen molar-refractivity contribution < 1.29 is 9.18 Å². The van der Waals surface area contributed by atoms with Crippen molar-refractivity contribution in [1.82, 2.24) is 9.13 Å². The van der Waals surface area contributed by atoms with Crippen LogP contribution in [0.5, 0.6) is 0 Å². The van der Waals surface area contributed by atoms with E-state index in [1.165, 1.54) is 32.6 Å². The molecular weight excluding hydrogens is 393 g/mol. The van der Waals surface area contributed by atoms with E-state index in [2.05, 4.69) is 5.32 Å². The summed E-state index contributed by atoms with van der Waals surface area (Å²) in [5.41, 5.74) is -0.109. The lowest BCUT2D eigenvalue weighted by Gasteiger charge is -2.12. The molecule has 3 rings (SSSR count). The fourth-order valence-electron chi connectivity index (χ4n) is 2.72. The molecule has 0 aliphatic carbocycles. The van der Waals surface area contributed by atoms with Crippen LogP contribution in [0.2, 0.25) is 5.02 Å². The topological polar surface area (TPSA) is 73.1 Å². The van der Waals surface area contributed by atoms with Crippen LogP contribution in [0.25, 0.3) is 10.2 Å². The Hall–Kier alpha value is -2.45. The van der Waals surface area contributed by atoms with Gasteiger partial charge in [0.1, 0.15) is 17.1 Å². The van der Waals surface area contributed by atoms with Gasteiger partial charge in [-0.3, -0.25) is 18.7 Å². The van der Waals surface area contributed by atoms with E-state index >= 15 is 0 Å². The summed E-state index contributed by atoms with van der Waals surface area (Å²) in [4.78, 5) is 37.7. The molecule has 2 aromatic heterocycles. The average molecular weight is 410 g/mol. The monoisotopic (exact) mass is 409 g/mol. The first-order valence-corrected chi connectivity index (χ1v) is 9.64. The molecule has 142 valence electrons. The molecule has 0 fully saturated rings. The number of rotatable bonds is 6. The lowest BCUT2D eigenvalue weighted by atomic mass is 10.3. The number of nitrogens with zero attached hydrogens (tertiary/aromatic N) is 2. The molecule has 9 heteroatoms. The van der Waals surface area contributed by atoms with E-state index in [9.17, 15) is 18.8 Å². The van der Waals surface area contributed by atoms with Gasteiger partial charge in [-0.15, -0.1) is 11.3 Å². The Morgan fingerprint density at radius 1 is 1.26 bits per heavy atom. The van der Waals surface area contributed by atoms with Crippen LogP contribution in [0, 0.1) is 5.82 Å². The van der Waals surface area contributed by atoms with Crippen LogP contribution in [0.3, 0.4) is 0 Å². The molecule has 0 atom stereocenters. The Labute approximate surface area is 162 Å². The van der Waals surface area contributed by atoms with Crippen LogP contribution >= 0.6 is 22.9 Å². The highest BCUT2D eigenvalue weighted by Gasteiger charge is 2.16. The van der Waals surface area contributed by atoms with Crippen molar-refractivity contribution in [2.75, 3.05) is 5.32 Å². The summed E-state index contributed by atoms with van der Waals surface area (Å²) >= 11 is 6.95. The number of hydrogen-bond acceptors (Lipinski definition) is 4. The van der Waals surface area contributed by atoms with Gasteiger partial charge in [-0.05, 0) is 36.1 Å². The van der Waals surface area contributed by atoms with Crippen LogP contribution in [-0.2, 0) is 17.9 Å². The molecule has 0 saturated heterocycles. The molecular formula is C18H17ClFN3O3S. The highest BCUT2D eigenvalue weighted by atomic mass is 35.5. The van der Waals surface area contributed by atoms with Gasteiger partial charge in [0.05, 0.1) is 10.5 Å². The summed E-state index contributed by atoms with van der Waals surface area (Å²) in [6.07, 6.45) is 1.52. The van der Waals surface area contributed by atoms with Crippen molar-refractivity contribution >= 4 is 44.7 Å². The van der Waals surface area contributed by atoms with Gasteiger partial charge >= 0.3 is 5.69 Å². The van der Waals surface area contributed by atoms with Gasteiger partial charge in [0.15, 0.2) is 0 Å². The average Bonchev–Trinajstić information content (AvgIpc) is 3.12. The maximum absolute atomic E-state index is 13.2. The molecule has 0 aliphatic heterocycles. The smallest absolute Gasteiger partial charge is 0.324 e. The molecule has 1 N–H and O–H groups in total. The maximum Gasteiger partial charge on any atom is 0.332 e. The molecule has 27 heavy (non-hydrogen) atoms. The van der Waals surface area contributed by atoms with Crippen molar-refractivity contribution in [3.8, 4) is 0 Å². The standard InChI is InChI=1S/C18H17ClFN3O3S/c1-2-3-7-22-17(25)16-14(6-8-27-16)23(18(22)26)10-15(24)21-11-4-5-13(20)12(19)9-11/h4-6,8-9H,2-3,7,10H2,1H3,(H,21,24). The molecule has 2 heterocycles. The Balaban J connectivity index is 1.94. The Bertz CT molecular complexity index is 1120. The second-order valence-electron chi connectivity index (χ2n) is 5.99. The third-order valence-electron chi connectivity index (χ3n) is 4.08. The predicted octanol–water partition coefficient (Wildman–Crippen LogP) is 3.46. The molecule has 0 saturated carbocycles. The first-order chi connectivity index (χ1) is 12.9. The summed E-state index contributed by atoms with van der Waals surface area (Å²) in [6.45, 7) is 2.00. The van der Waals surface area contributed by atoms with Crippen LogP contribution in [0.4, 0.5) is 10.1 Å². The number of hydrogen-bond donors (Lipinski definition) is 1. The summed E-state index contributed by atoms with van der Waals surface area (Å²) in [5.74, 6) is -1.07. The molecule has 3 aromatic rings.